The Morgan fingerprint density at radius 3 is 2.56 bits per heavy atom. The van der Waals surface area contributed by atoms with Gasteiger partial charge in [0.2, 0.25) is 0 Å². The lowest BCUT2D eigenvalue weighted by molar-refractivity contribution is 0.283. The van der Waals surface area contributed by atoms with Crippen molar-refractivity contribution in [3.63, 3.8) is 0 Å². The molecule has 0 aliphatic carbocycles. The predicted molar refractivity (Wildman–Crippen MR) is 69.6 cm³/mol. The molecule has 90 valence electrons. The summed E-state index contributed by atoms with van der Waals surface area (Å²) in [6, 6.07) is 6.03. The molecule has 0 spiro atoms. The summed E-state index contributed by atoms with van der Waals surface area (Å²) in [5.74, 6) is 0. The predicted octanol–water partition coefficient (Wildman–Crippen LogP) is 2.54. The summed E-state index contributed by atoms with van der Waals surface area (Å²) in [5, 5.41) is 12.0. The van der Waals surface area contributed by atoms with Crippen molar-refractivity contribution >= 4 is 11.4 Å². The standard InChI is InChI=1S/C13H22N2O/c1-11-8-12(14)10-13(9-11)15-6-4-2-3-5-7-16/h8-10,15-16H,2-7,14H2,1H3. The van der Waals surface area contributed by atoms with Gasteiger partial charge in [0, 0.05) is 24.5 Å². The van der Waals surface area contributed by atoms with Crippen molar-refractivity contribution in [2.75, 3.05) is 24.2 Å². The molecular formula is C13H22N2O. The molecular weight excluding hydrogens is 200 g/mol. The van der Waals surface area contributed by atoms with Gasteiger partial charge in [-0.05, 0) is 43.5 Å². The molecule has 4 N–H and O–H groups in total. The number of aliphatic hydroxyl groups is 1. The average Bonchev–Trinajstić information content (AvgIpc) is 2.22. The number of aryl methyl sites for hydroxylation is 1. The van der Waals surface area contributed by atoms with Crippen LogP contribution in [0.25, 0.3) is 0 Å². The molecule has 3 nitrogen and oxygen atoms in total. The van der Waals surface area contributed by atoms with Gasteiger partial charge in [-0.2, -0.15) is 0 Å². The molecule has 0 aromatic heterocycles. The van der Waals surface area contributed by atoms with Crippen molar-refractivity contribution < 1.29 is 5.11 Å². The van der Waals surface area contributed by atoms with Gasteiger partial charge >= 0.3 is 0 Å². The lowest BCUT2D eigenvalue weighted by Crippen LogP contribution is -2.02. The van der Waals surface area contributed by atoms with Crippen LogP contribution in [0.3, 0.4) is 0 Å². The third-order valence-corrected chi connectivity index (χ3v) is 2.51. The Kier molecular flexibility index (Phi) is 5.72. The van der Waals surface area contributed by atoms with E-state index >= 15 is 0 Å². The summed E-state index contributed by atoms with van der Waals surface area (Å²) in [6.45, 7) is 3.32. The number of benzene rings is 1. The minimum atomic E-state index is 0.307. The van der Waals surface area contributed by atoms with E-state index in [1.165, 1.54) is 5.56 Å². The van der Waals surface area contributed by atoms with E-state index in [1.54, 1.807) is 0 Å². The van der Waals surface area contributed by atoms with Crippen LogP contribution in [0.5, 0.6) is 0 Å². The maximum Gasteiger partial charge on any atom is 0.0431 e. The molecule has 0 atom stereocenters. The zero-order valence-corrected chi connectivity index (χ0v) is 10.00. The van der Waals surface area contributed by atoms with Gasteiger partial charge in [0.05, 0.1) is 0 Å². The molecule has 1 aromatic carbocycles. The quantitative estimate of drug-likeness (QED) is 0.491. The molecule has 0 heterocycles. The number of unbranched alkanes of at least 4 members (excludes halogenated alkanes) is 3. The first kappa shape index (κ1) is 12.8. The molecule has 1 rings (SSSR count). The zero-order valence-electron chi connectivity index (χ0n) is 10.00. The zero-order chi connectivity index (χ0) is 11.8. The Balaban J connectivity index is 2.21. The highest BCUT2D eigenvalue weighted by molar-refractivity contribution is 5.56. The molecule has 0 aliphatic rings. The first-order valence-electron chi connectivity index (χ1n) is 5.94. The number of hydrogen-bond acceptors (Lipinski definition) is 3. The first-order chi connectivity index (χ1) is 7.72. The van der Waals surface area contributed by atoms with E-state index in [2.05, 4.69) is 11.4 Å². The fourth-order valence-electron chi connectivity index (χ4n) is 1.74. The largest absolute Gasteiger partial charge is 0.399 e. The topological polar surface area (TPSA) is 58.3 Å². The Labute approximate surface area is 97.7 Å². The van der Waals surface area contributed by atoms with Crippen LogP contribution in [-0.2, 0) is 0 Å². The molecule has 0 radical (unpaired) electrons. The Morgan fingerprint density at radius 2 is 1.88 bits per heavy atom. The highest BCUT2D eigenvalue weighted by Crippen LogP contribution is 2.15. The van der Waals surface area contributed by atoms with E-state index in [-0.39, 0.29) is 0 Å². The number of nitrogen functional groups attached to an aromatic ring is 1. The fourth-order valence-corrected chi connectivity index (χ4v) is 1.74. The van der Waals surface area contributed by atoms with Crippen LogP contribution >= 0.6 is 0 Å². The van der Waals surface area contributed by atoms with E-state index < -0.39 is 0 Å². The summed E-state index contributed by atoms with van der Waals surface area (Å²) in [6.07, 6.45) is 4.31. The summed E-state index contributed by atoms with van der Waals surface area (Å²) in [7, 11) is 0. The maximum atomic E-state index is 8.63. The third-order valence-electron chi connectivity index (χ3n) is 2.51. The number of nitrogens with one attached hydrogen (secondary N) is 1. The highest BCUT2D eigenvalue weighted by Gasteiger charge is 1.95. The summed E-state index contributed by atoms with van der Waals surface area (Å²) < 4.78 is 0. The van der Waals surface area contributed by atoms with Gasteiger partial charge in [-0.25, -0.2) is 0 Å². The minimum absolute atomic E-state index is 0.307. The Morgan fingerprint density at radius 1 is 1.12 bits per heavy atom. The maximum absolute atomic E-state index is 8.63. The summed E-state index contributed by atoms with van der Waals surface area (Å²) in [4.78, 5) is 0. The normalized spacial score (nSPS) is 10.4. The molecule has 0 amide bonds. The van der Waals surface area contributed by atoms with Gasteiger partial charge in [0.15, 0.2) is 0 Å². The molecule has 0 saturated carbocycles. The molecule has 0 saturated heterocycles. The van der Waals surface area contributed by atoms with Crippen LogP contribution in [0, 0.1) is 6.92 Å². The first-order valence-corrected chi connectivity index (χ1v) is 5.94. The van der Waals surface area contributed by atoms with E-state index in [0.29, 0.717) is 6.61 Å². The van der Waals surface area contributed by atoms with Crippen LogP contribution in [0.1, 0.15) is 31.2 Å². The molecule has 0 bridgehead atoms. The average molecular weight is 222 g/mol. The molecule has 0 aliphatic heterocycles. The number of nitrogens with two attached hydrogens (primary N) is 1. The SMILES string of the molecule is Cc1cc(N)cc(NCCCCCCO)c1. The molecule has 3 heteroatoms. The second-order valence-corrected chi connectivity index (χ2v) is 4.20. The number of anilines is 2. The number of rotatable bonds is 7. The van der Waals surface area contributed by atoms with Crippen molar-refractivity contribution in [1.82, 2.24) is 0 Å². The number of aliphatic hydroxyl groups excluding tert-OH is 1. The van der Waals surface area contributed by atoms with Crippen molar-refractivity contribution in [3.05, 3.63) is 23.8 Å². The Hall–Kier alpha value is -1.22. The third kappa shape index (κ3) is 5.03. The van der Waals surface area contributed by atoms with E-state index in [1.807, 2.05) is 19.1 Å². The minimum Gasteiger partial charge on any atom is -0.399 e. The van der Waals surface area contributed by atoms with E-state index in [0.717, 1.165) is 43.6 Å². The van der Waals surface area contributed by atoms with Crippen LogP contribution < -0.4 is 11.1 Å². The van der Waals surface area contributed by atoms with Gasteiger partial charge < -0.3 is 16.2 Å². The van der Waals surface area contributed by atoms with Gasteiger partial charge in [-0.1, -0.05) is 12.8 Å². The fraction of sp³-hybridized carbons (Fsp3) is 0.538. The van der Waals surface area contributed by atoms with Gasteiger partial charge in [-0.3, -0.25) is 0 Å². The van der Waals surface area contributed by atoms with E-state index in [4.69, 9.17) is 10.8 Å². The molecule has 0 fully saturated rings. The molecule has 1 aromatic rings. The molecule has 16 heavy (non-hydrogen) atoms. The van der Waals surface area contributed by atoms with Gasteiger partial charge in [0.25, 0.3) is 0 Å². The number of hydrogen-bond donors (Lipinski definition) is 3. The van der Waals surface area contributed by atoms with Crippen molar-refractivity contribution in [3.8, 4) is 0 Å². The smallest absolute Gasteiger partial charge is 0.0431 e. The monoisotopic (exact) mass is 222 g/mol. The van der Waals surface area contributed by atoms with E-state index in [9.17, 15) is 0 Å². The summed E-state index contributed by atoms with van der Waals surface area (Å²) >= 11 is 0. The molecule has 0 unspecified atom stereocenters. The van der Waals surface area contributed by atoms with Crippen LogP contribution in [0.4, 0.5) is 11.4 Å². The lowest BCUT2D eigenvalue weighted by atomic mass is 10.1. The van der Waals surface area contributed by atoms with Gasteiger partial charge in [0.1, 0.15) is 0 Å². The van der Waals surface area contributed by atoms with Crippen molar-refractivity contribution in [2.45, 2.75) is 32.6 Å². The van der Waals surface area contributed by atoms with Crippen molar-refractivity contribution in [1.29, 1.82) is 0 Å². The van der Waals surface area contributed by atoms with Crippen LogP contribution in [-0.4, -0.2) is 18.3 Å². The van der Waals surface area contributed by atoms with Crippen molar-refractivity contribution in [2.24, 2.45) is 0 Å². The highest BCUT2D eigenvalue weighted by atomic mass is 16.2. The lowest BCUT2D eigenvalue weighted by Gasteiger charge is -2.08. The second-order valence-electron chi connectivity index (χ2n) is 4.20. The van der Waals surface area contributed by atoms with Gasteiger partial charge in [-0.15, -0.1) is 0 Å². The van der Waals surface area contributed by atoms with Crippen LogP contribution in [0.2, 0.25) is 0 Å². The van der Waals surface area contributed by atoms with Crippen LogP contribution in [0.15, 0.2) is 18.2 Å². The second kappa shape index (κ2) is 7.12. The summed E-state index contributed by atoms with van der Waals surface area (Å²) in [5.41, 5.74) is 8.85. The Bertz CT molecular complexity index is 293.